The number of nitrogens with zero attached hydrogens (tertiary/aromatic N) is 6. The normalized spacial score (nSPS) is 17.2. The third-order valence-corrected chi connectivity index (χ3v) is 10.2. The second kappa shape index (κ2) is 12.0. The van der Waals surface area contributed by atoms with Crippen LogP contribution in [0.2, 0.25) is 25.7 Å². The molecule has 0 N–H and O–H groups in total. The summed E-state index contributed by atoms with van der Waals surface area (Å²) in [5, 5.41) is 7.48. The molecule has 2 fully saturated rings. The van der Waals surface area contributed by atoms with E-state index in [2.05, 4.69) is 24.6 Å². The van der Waals surface area contributed by atoms with Crippen molar-refractivity contribution in [2.75, 3.05) is 31.1 Å². The molecule has 0 saturated carbocycles. The Hall–Kier alpha value is -3.93. The van der Waals surface area contributed by atoms with Crippen LogP contribution < -0.4 is 4.90 Å². The first-order chi connectivity index (χ1) is 20.7. The van der Waals surface area contributed by atoms with Gasteiger partial charge in [-0.2, -0.15) is 5.10 Å². The fourth-order valence-electron chi connectivity index (χ4n) is 5.79. The Kier molecular flexibility index (Phi) is 8.12. The number of hydrogen-bond acceptors (Lipinski definition) is 8. The van der Waals surface area contributed by atoms with Crippen LogP contribution in [0.1, 0.15) is 29.6 Å². The van der Waals surface area contributed by atoms with Crippen LogP contribution in [-0.4, -0.2) is 71.0 Å². The lowest BCUT2D eigenvalue weighted by Gasteiger charge is -2.36. The van der Waals surface area contributed by atoms with Crippen LogP contribution in [0.5, 0.6) is 0 Å². The molecule has 2 aliphatic rings. The zero-order valence-electron chi connectivity index (χ0n) is 25.0. The maximum absolute atomic E-state index is 14.1. The molecule has 1 spiro atoms. The molecular weight excluding hydrogens is 560 g/mol. The highest BCUT2D eigenvalue weighted by Gasteiger charge is 2.50. The summed E-state index contributed by atoms with van der Waals surface area (Å²) in [7, 11) is -1.23. The van der Waals surface area contributed by atoms with Crippen molar-refractivity contribution in [1.82, 2.24) is 24.8 Å². The zero-order chi connectivity index (χ0) is 30.0. The van der Waals surface area contributed by atoms with E-state index in [1.54, 1.807) is 29.6 Å². The van der Waals surface area contributed by atoms with Gasteiger partial charge in [0.1, 0.15) is 6.73 Å². The Morgan fingerprint density at radius 2 is 1.77 bits per heavy atom. The number of anilines is 1. The Morgan fingerprint density at radius 3 is 2.49 bits per heavy atom. The van der Waals surface area contributed by atoms with Gasteiger partial charge >= 0.3 is 5.97 Å². The molecule has 0 radical (unpaired) electrons. The maximum Gasteiger partial charge on any atom is 0.357 e. The van der Waals surface area contributed by atoms with Gasteiger partial charge in [-0.15, -0.1) is 5.06 Å². The number of carbonyl (C=O) groups is 2. The molecule has 0 bridgehead atoms. The summed E-state index contributed by atoms with van der Waals surface area (Å²) in [5.41, 5.74) is 2.51. The van der Waals surface area contributed by atoms with Crippen molar-refractivity contribution >= 4 is 36.7 Å². The molecule has 1 amide bonds. The first kappa shape index (κ1) is 29.2. The molecule has 1 aromatic carbocycles. The monoisotopic (exact) mass is 598 g/mol. The lowest BCUT2D eigenvalue weighted by molar-refractivity contribution is -0.148. The van der Waals surface area contributed by atoms with E-state index in [1.165, 1.54) is 0 Å². The number of hydrogen-bond donors (Lipinski definition) is 0. The number of aromatic nitrogens is 4. The van der Waals surface area contributed by atoms with E-state index in [1.807, 2.05) is 52.2 Å². The summed E-state index contributed by atoms with van der Waals surface area (Å²) in [6.07, 6.45) is 7.29. The molecular formula is C32H38N6O4Si. The summed E-state index contributed by atoms with van der Waals surface area (Å²) in [6, 6.07) is 15.9. The van der Waals surface area contributed by atoms with Crippen LogP contribution in [0.25, 0.3) is 22.2 Å². The molecule has 0 unspecified atom stereocenters. The quantitative estimate of drug-likeness (QED) is 0.187. The number of carbonyl (C=O) groups excluding carboxylic acids is 2. The maximum atomic E-state index is 14.1. The average Bonchev–Trinajstić information content (AvgIpc) is 3.53. The van der Waals surface area contributed by atoms with Gasteiger partial charge in [-0.1, -0.05) is 37.8 Å². The van der Waals surface area contributed by atoms with Crippen molar-refractivity contribution in [3.63, 3.8) is 0 Å². The van der Waals surface area contributed by atoms with Crippen molar-refractivity contribution in [3.8, 4) is 11.3 Å². The summed E-state index contributed by atoms with van der Waals surface area (Å²) in [4.78, 5) is 43.1. The predicted molar refractivity (Wildman–Crippen MR) is 167 cm³/mol. The average molecular weight is 599 g/mol. The van der Waals surface area contributed by atoms with Crippen molar-refractivity contribution in [2.24, 2.45) is 5.41 Å². The van der Waals surface area contributed by atoms with Crippen LogP contribution in [0, 0.1) is 5.41 Å². The Balaban J connectivity index is 1.22. The predicted octanol–water partition coefficient (Wildman–Crippen LogP) is 5.40. The van der Waals surface area contributed by atoms with E-state index in [9.17, 15) is 9.59 Å². The van der Waals surface area contributed by atoms with Gasteiger partial charge in [0.15, 0.2) is 5.82 Å². The number of hydroxylamine groups is 2. The fourth-order valence-corrected chi connectivity index (χ4v) is 6.55. The van der Waals surface area contributed by atoms with E-state index in [0.29, 0.717) is 57.2 Å². The van der Waals surface area contributed by atoms with Gasteiger partial charge in [0.25, 0.3) is 0 Å². The second-order valence-electron chi connectivity index (χ2n) is 12.7. The first-order valence-corrected chi connectivity index (χ1v) is 18.6. The highest BCUT2D eigenvalue weighted by molar-refractivity contribution is 6.76. The Morgan fingerprint density at radius 1 is 1.00 bits per heavy atom. The molecule has 2 aliphatic heterocycles. The number of piperidine rings is 1. The number of benzene rings is 1. The van der Waals surface area contributed by atoms with Crippen LogP contribution in [-0.2, 0) is 21.1 Å². The minimum absolute atomic E-state index is 0.0764. The number of amides is 1. The number of pyridine rings is 2. The van der Waals surface area contributed by atoms with Gasteiger partial charge in [0, 0.05) is 57.7 Å². The van der Waals surface area contributed by atoms with E-state index in [4.69, 9.17) is 19.7 Å². The van der Waals surface area contributed by atoms with E-state index in [-0.39, 0.29) is 11.9 Å². The van der Waals surface area contributed by atoms with Gasteiger partial charge in [-0.25, -0.2) is 9.48 Å². The zero-order valence-corrected chi connectivity index (χ0v) is 26.0. The van der Waals surface area contributed by atoms with Crippen molar-refractivity contribution in [1.29, 1.82) is 0 Å². The topological polar surface area (TPSA) is 103 Å². The number of ether oxygens (including phenoxy) is 1. The SMILES string of the molecule is C[Si](C)(C)CCOCn1nc(N2CCC3(CCN(OC(=O)c4ccccc4)CC3)C2=O)c2cc(-c3cccnc3)ncc21. The first-order valence-electron chi connectivity index (χ1n) is 14.9. The molecule has 224 valence electrons. The number of rotatable bonds is 9. The molecule has 5 heterocycles. The standard InChI is InChI=1S/C32H38N6O4Si/c1-43(2,3)19-18-41-23-38-28-22-34-27(25-10-7-14-33-21-25)20-26(28)29(35-38)37-17-13-32(31(37)40)11-15-36(16-12-32)42-30(39)24-8-5-4-6-9-24/h4-10,14,20-22H,11-13,15-19,23H2,1-3H3. The highest BCUT2D eigenvalue weighted by Crippen LogP contribution is 2.44. The van der Waals surface area contributed by atoms with Gasteiger partial charge in [0.2, 0.25) is 5.91 Å². The van der Waals surface area contributed by atoms with Gasteiger partial charge in [0.05, 0.1) is 28.4 Å². The Bertz CT molecular complexity index is 1600. The molecule has 11 heteroatoms. The van der Waals surface area contributed by atoms with Gasteiger partial charge in [-0.05, 0) is 55.6 Å². The van der Waals surface area contributed by atoms with Crippen LogP contribution >= 0.6 is 0 Å². The van der Waals surface area contributed by atoms with Crippen LogP contribution in [0.15, 0.2) is 67.1 Å². The molecule has 43 heavy (non-hydrogen) atoms. The molecule has 0 atom stereocenters. The summed E-state index contributed by atoms with van der Waals surface area (Å²) < 4.78 is 7.87. The lowest BCUT2D eigenvalue weighted by Crippen LogP contribution is -2.45. The van der Waals surface area contributed by atoms with Gasteiger partial charge in [-0.3, -0.25) is 19.7 Å². The summed E-state index contributed by atoms with van der Waals surface area (Å²) >= 11 is 0. The van der Waals surface area contributed by atoms with Crippen molar-refractivity contribution in [3.05, 3.63) is 72.7 Å². The smallest absolute Gasteiger partial charge is 0.357 e. The molecule has 0 aliphatic carbocycles. The van der Waals surface area contributed by atoms with E-state index in [0.717, 1.165) is 34.6 Å². The largest absolute Gasteiger partial charge is 0.364 e. The molecule has 4 aromatic rings. The molecule has 2 saturated heterocycles. The molecule has 3 aromatic heterocycles. The summed E-state index contributed by atoms with van der Waals surface area (Å²) in [5.74, 6) is 0.335. The highest BCUT2D eigenvalue weighted by atomic mass is 28.3. The van der Waals surface area contributed by atoms with Gasteiger partial charge < -0.3 is 9.57 Å². The number of fused-ring (bicyclic) bond motifs is 1. The second-order valence-corrected chi connectivity index (χ2v) is 18.3. The molecule has 10 nitrogen and oxygen atoms in total. The molecule has 6 rings (SSSR count). The summed E-state index contributed by atoms with van der Waals surface area (Å²) in [6.45, 7) is 9.54. The fraction of sp³-hybridized carbons (Fsp3) is 0.406. The van der Waals surface area contributed by atoms with E-state index >= 15 is 0 Å². The minimum atomic E-state index is -1.23. The van der Waals surface area contributed by atoms with Crippen LogP contribution in [0.4, 0.5) is 5.82 Å². The lowest BCUT2D eigenvalue weighted by atomic mass is 9.77. The minimum Gasteiger partial charge on any atom is -0.364 e. The third kappa shape index (κ3) is 6.24. The van der Waals surface area contributed by atoms with Crippen LogP contribution in [0.3, 0.4) is 0 Å². The van der Waals surface area contributed by atoms with Crippen molar-refractivity contribution < 1.29 is 19.2 Å². The van der Waals surface area contributed by atoms with Crippen molar-refractivity contribution in [2.45, 2.75) is 51.7 Å². The Labute approximate surface area is 252 Å². The van der Waals surface area contributed by atoms with E-state index < -0.39 is 13.5 Å². The third-order valence-electron chi connectivity index (χ3n) is 8.45.